The Morgan fingerprint density at radius 2 is 1.91 bits per heavy atom. The van der Waals surface area contributed by atoms with Crippen LogP contribution in [0.4, 0.5) is 23.5 Å². The van der Waals surface area contributed by atoms with E-state index in [1.807, 2.05) is 0 Å². The maximum atomic E-state index is 13.2. The second-order valence-electron chi connectivity index (χ2n) is 4.88. The number of nitrogen functional groups attached to an aromatic ring is 1. The van der Waals surface area contributed by atoms with Gasteiger partial charge in [0, 0.05) is 6.07 Å². The van der Waals surface area contributed by atoms with Crippen LogP contribution >= 0.6 is 0 Å². The minimum Gasteiger partial charge on any atom is -0.406 e. The van der Waals surface area contributed by atoms with Gasteiger partial charge in [-0.2, -0.15) is 0 Å². The van der Waals surface area contributed by atoms with Crippen molar-refractivity contribution < 1.29 is 22.3 Å². The topological polar surface area (TPSA) is 53.1 Å². The van der Waals surface area contributed by atoms with Gasteiger partial charge in [-0.25, -0.2) is 9.37 Å². The molecule has 0 bridgehead atoms. The molecule has 0 atom stereocenters. The maximum absolute atomic E-state index is 13.2. The zero-order valence-electron chi connectivity index (χ0n) is 11.6. The highest BCUT2D eigenvalue weighted by atomic mass is 19.4. The highest BCUT2D eigenvalue weighted by Gasteiger charge is 2.31. The molecule has 23 heavy (non-hydrogen) atoms. The summed E-state index contributed by atoms with van der Waals surface area (Å²) in [5.41, 5.74) is 7.32. The molecular formula is C15H11F4N3O. The van der Waals surface area contributed by atoms with Crippen molar-refractivity contribution in [2.24, 2.45) is 0 Å². The van der Waals surface area contributed by atoms with Gasteiger partial charge in [-0.3, -0.25) is 0 Å². The summed E-state index contributed by atoms with van der Waals surface area (Å²) in [6, 6.07) is 9.59. The Labute approximate surface area is 128 Å². The van der Waals surface area contributed by atoms with Gasteiger partial charge in [0.25, 0.3) is 0 Å². The Balaban J connectivity index is 1.93. The first-order chi connectivity index (χ1) is 10.8. The largest absolute Gasteiger partial charge is 0.573 e. The number of nitrogens with zero attached hydrogens (tertiary/aromatic N) is 2. The number of hydrogen-bond acceptors (Lipinski definition) is 3. The summed E-state index contributed by atoms with van der Waals surface area (Å²) in [7, 11) is 0. The van der Waals surface area contributed by atoms with Crippen molar-refractivity contribution >= 4 is 17.0 Å². The molecule has 0 amide bonds. The molecule has 120 valence electrons. The number of nitrogens with two attached hydrogens (primary N) is 1. The smallest absolute Gasteiger partial charge is 0.406 e. The lowest BCUT2D eigenvalue weighted by Crippen LogP contribution is -2.17. The fourth-order valence-corrected chi connectivity index (χ4v) is 2.31. The number of aromatic nitrogens is 2. The summed E-state index contributed by atoms with van der Waals surface area (Å²) in [6.07, 6.45) is -4.75. The van der Waals surface area contributed by atoms with Crippen LogP contribution in [0, 0.1) is 5.82 Å². The molecular weight excluding hydrogens is 314 g/mol. The van der Waals surface area contributed by atoms with Gasteiger partial charge in [-0.1, -0.05) is 12.1 Å². The maximum Gasteiger partial charge on any atom is 0.573 e. The van der Waals surface area contributed by atoms with Gasteiger partial charge >= 0.3 is 6.36 Å². The normalized spacial score (nSPS) is 11.8. The van der Waals surface area contributed by atoms with Gasteiger partial charge in [0.15, 0.2) is 0 Å². The Hall–Kier alpha value is -2.77. The molecule has 1 heterocycles. The van der Waals surface area contributed by atoms with Crippen LogP contribution in [-0.2, 0) is 6.54 Å². The van der Waals surface area contributed by atoms with Crippen molar-refractivity contribution in [2.75, 3.05) is 5.73 Å². The third-order valence-corrected chi connectivity index (χ3v) is 3.21. The third kappa shape index (κ3) is 3.36. The van der Waals surface area contributed by atoms with Gasteiger partial charge in [-0.15, -0.1) is 13.2 Å². The first-order valence-corrected chi connectivity index (χ1v) is 6.58. The van der Waals surface area contributed by atoms with Gasteiger partial charge in [0.1, 0.15) is 11.6 Å². The average molecular weight is 325 g/mol. The number of halogens is 4. The van der Waals surface area contributed by atoms with Crippen molar-refractivity contribution in [2.45, 2.75) is 12.9 Å². The minimum absolute atomic E-state index is 0.146. The molecule has 3 aromatic rings. The van der Waals surface area contributed by atoms with Crippen molar-refractivity contribution in [3.05, 3.63) is 53.8 Å². The highest BCUT2D eigenvalue weighted by molar-refractivity contribution is 5.78. The summed E-state index contributed by atoms with van der Waals surface area (Å²) in [6.45, 7) is 0.184. The molecule has 8 heteroatoms. The molecule has 0 saturated carbocycles. The average Bonchev–Trinajstić information content (AvgIpc) is 2.73. The van der Waals surface area contributed by atoms with E-state index < -0.39 is 12.2 Å². The van der Waals surface area contributed by atoms with Crippen molar-refractivity contribution in [3.8, 4) is 5.75 Å². The lowest BCUT2D eigenvalue weighted by atomic mass is 10.2. The quantitative estimate of drug-likeness (QED) is 0.747. The molecule has 0 saturated heterocycles. The van der Waals surface area contributed by atoms with E-state index in [0.29, 0.717) is 16.6 Å². The van der Waals surface area contributed by atoms with E-state index in [0.717, 1.165) is 0 Å². The van der Waals surface area contributed by atoms with E-state index in [-0.39, 0.29) is 18.2 Å². The fourth-order valence-electron chi connectivity index (χ4n) is 2.31. The van der Waals surface area contributed by atoms with Crippen molar-refractivity contribution in [3.63, 3.8) is 0 Å². The number of imidazole rings is 1. The van der Waals surface area contributed by atoms with Crippen LogP contribution in [0.25, 0.3) is 11.0 Å². The summed E-state index contributed by atoms with van der Waals surface area (Å²) in [5.74, 6) is -0.612. The summed E-state index contributed by atoms with van der Waals surface area (Å²) >= 11 is 0. The Bertz CT molecular complexity index is 858. The Morgan fingerprint density at radius 3 is 2.65 bits per heavy atom. The monoisotopic (exact) mass is 325 g/mol. The number of ether oxygens (including phenoxy) is 1. The number of benzene rings is 2. The molecule has 0 unspecified atom stereocenters. The van der Waals surface area contributed by atoms with Crippen molar-refractivity contribution in [1.29, 1.82) is 0 Å². The number of anilines is 1. The zero-order valence-corrected chi connectivity index (χ0v) is 11.6. The summed E-state index contributed by atoms with van der Waals surface area (Å²) < 4.78 is 55.5. The lowest BCUT2D eigenvalue weighted by Gasteiger charge is -2.11. The van der Waals surface area contributed by atoms with Gasteiger partial charge in [-0.05, 0) is 29.8 Å². The molecule has 0 spiro atoms. The van der Waals surface area contributed by atoms with Crippen LogP contribution in [-0.4, -0.2) is 15.9 Å². The standard InChI is InChI=1S/C15H11F4N3O/c16-10-4-5-13-12(7-10)21-14(20)22(13)8-9-2-1-3-11(6-9)23-15(17,18)19/h1-7H,8H2,(H2,20,21). The third-order valence-electron chi connectivity index (χ3n) is 3.21. The van der Waals surface area contributed by atoms with E-state index in [2.05, 4.69) is 9.72 Å². The van der Waals surface area contributed by atoms with Crippen LogP contribution in [0.3, 0.4) is 0 Å². The Kier molecular flexibility index (Phi) is 3.59. The molecule has 1 aromatic heterocycles. The van der Waals surface area contributed by atoms with E-state index in [1.165, 1.54) is 36.4 Å². The predicted molar refractivity (Wildman–Crippen MR) is 76.3 cm³/mol. The van der Waals surface area contributed by atoms with E-state index in [9.17, 15) is 17.6 Å². The lowest BCUT2D eigenvalue weighted by molar-refractivity contribution is -0.274. The number of hydrogen-bond donors (Lipinski definition) is 1. The zero-order chi connectivity index (χ0) is 16.6. The van der Waals surface area contributed by atoms with Crippen LogP contribution in [0.5, 0.6) is 5.75 Å². The van der Waals surface area contributed by atoms with Gasteiger partial charge in [0.05, 0.1) is 17.6 Å². The second-order valence-corrected chi connectivity index (χ2v) is 4.88. The van der Waals surface area contributed by atoms with E-state index in [4.69, 9.17) is 5.73 Å². The fraction of sp³-hybridized carbons (Fsp3) is 0.133. The van der Waals surface area contributed by atoms with Crippen LogP contribution in [0.2, 0.25) is 0 Å². The van der Waals surface area contributed by atoms with Crippen LogP contribution in [0.1, 0.15) is 5.56 Å². The van der Waals surface area contributed by atoms with Crippen LogP contribution < -0.4 is 10.5 Å². The first kappa shape index (κ1) is 15.1. The summed E-state index contributed by atoms with van der Waals surface area (Å²) in [4.78, 5) is 4.04. The molecule has 2 N–H and O–H groups in total. The van der Waals surface area contributed by atoms with E-state index >= 15 is 0 Å². The minimum atomic E-state index is -4.75. The Morgan fingerprint density at radius 1 is 1.13 bits per heavy atom. The SMILES string of the molecule is Nc1nc2cc(F)ccc2n1Cc1cccc(OC(F)(F)F)c1. The number of rotatable bonds is 3. The number of fused-ring (bicyclic) bond motifs is 1. The molecule has 0 radical (unpaired) electrons. The van der Waals surface area contributed by atoms with E-state index in [1.54, 1.807) is 10.6 Å². The van der Waals surface area contributed by atoms with Gasteiger partial charge < -0.3 is 15.0 Å². The summed E-state index contributed by atoms with van der Waals surface area (Å²) in [5, 5.41) is 0. The molecule has 3 rings (SSSR count). The molecule has 0 aliphatic rings. The van der Waals surface area contributed by atoms with Crippen molar-refractivity contribution in [1.82, 2.24) is 9.55 Å². The molecule has 2 aromatic carbocycles. The second kappa shape index (κ2) is 5.45. The first-order valence-electron chi connectivity index (χ1n) is 6.58. The van der Waals surface area contributed by atoms with Crippen LogP contribution in [0.15, 0.2) is 42.5 Å². The molecule has 0 aliphatic heterocycles. The van der Waals surface area contributed by atoms with Gasteiger partial charge in [0.2, 0.25) is 5.95 Å². The molecule has 0 fully saturated rings. The molecule has 4 nitrogen and oxygen atoms in total. The number of alkyl halides is 3. The molecule has 0 aliphatic carbocycles. The highest BCUT2D eigenvalue weighted by Crippen LogP contribution is 2.25. The predicted octanol–water partition coefficient (Wildman–Crippen LogP) is 3.70.